The van der Waals surface area contributed by atoms with Crippen molar-refractivity contribution in [3.8, 4) is 0 Å². The number of nitrogens with zero attached hydrogens (tertiary/aromatic N) is 2. The quantitative estimate of drug-likeness (QED) is 0.806. The zero-order valence-electron chi connectivity index (χ0n) is 10.3. The molecule has 0 aliphatic rings. The molecular formula is C11H18N4O2. The fraction of sp³-hybridized carbons (Fsp3) is 0.545. The van der Waals surface area contributed by atoms with Crippen molar-refractivity contribution >= 4 is 11.9 Å². The summed E-state index contributed by atoms with van der Waals surface area (Å²) in [5, 5.41) is 5.22. The van der Waals surface area contributed by atoms with Crippen LogP contribution in [0.2, 0.25) is 0 Å². The fourth-order valence-electron chi connectivity index (χ4n) is 1.48. The predicted molar refractivity (Wildman–Crippen MR) is 63.5 cm³/mol. The van der Waals surface area contributed by atoms with Gasteiger partial charge in [-0.25, -0.2) is 9.78 Å². The summed E-state index contributed by atoms with van der Waals surface area (Å²) in [6.07, 6.45) is 5.04. The Morgan fingerprint density at radius 2 is 2.12 bits per heavy atom. The summed E-state index contributed by atoms with van der Waals surface area (Å²) >= 11 is 0. The van der Waals surface area contributed by atoms with Crippen LogP contribution in [0, 0.1) is 5.92 Å². The lowest BCUT2D eigenvalue weighted by Gasteiger charge is -2.18. The molecule has 6 nitrogen and oxygen atoms in total. The van der Waals surface area contributed by atoms with E-state index >= 15 is 0 Å². The van der Waals surface area contributed by atoms with Gasteiger partial charge in [0.15, 0.2) is 0 Å². The number of carbonyl (C=O) groups is 2. The summed E-state index contributed by atoms with van der Waals surface area (Å²) in [4.78, 5) is 27.1. The smallest absolute Gasteiger partial charge is 0.327 e. The second-order valence-corrected chi connectivity index (χ2v) is 4.22. The summed E-state index contributed by atoms with van der Waals surface area (Å²) < 4.78 is 1.30. The van der Waals surface area contributed by atoms with E-state index < -0.39 is 6.04 Å². The van der Waals surface area contributed by atoms with Gasteiger partial charge in [0.05, 0.1) is 0 Å². The lowest BCUT2D eigenvalue weighted by molar-refractivity contribution is -0.122. The number of aromatic nitrogens is 2. The van der Waals surface area contributed by atoms with Gasteiger partial charge in [0.25, 0.3) is 0 Å². The molecule has 2 N–H and O–H groups in total. The van der Waals surface area contributed by atoms with Crippen LogP contribution in [0.4, 0.5) is 4.79 Å². The van der Waals surface area contributed by atoms with Crippen LogP contribution in [-0.4, -0.2) is 34.6 Å². The molecule has 0 saturated heterocycles. The monoisotopic (exact) mass is 238 g/mol. The Hall–Kier alpha value is -1.85. The van der Waals surface area contributed by atoms with E-state index in [1.165, 1.54) is 23.3 Å². The average Bonchev–Trinajstić information content (AvgIpc) is 2.79. The Morgan fingerprint density at radius 3 is 2.59 bits per heavy atom. The first-order valence-corrected chi connectivity index (χ1v) is 5.55. The van der Waals surface area contributed by atoms with Gasteiger partial charge in [-0.15, -0.1) is 0 Å². The maximum Gasteiger partial charge on any atom is 0.327 e. The molecule has 0 aliphatic heterocycles. The predicted octanol–water partition coefficient (Wildman–Crippen LogP) is 0.601. The minimum absolute atomic E-state index is 0.188. The average molecular weight is 238 g/mol. The Morgan fingerprint density at radius 1 is 1.41 bits per heavy atom. The van der Waals surface area contributed by atoms with Gasteiger partial charge in [0.1, 0.15) is 12.4 Å². The molecule has 17 heavy (non-hydrogen) atoms. The van der Waals surface area contributed by atoms with Crippen molar-refractivity contribution in [1.82, 2.24) is 20.2 Å². The zero-order chi connectivity index (χ0) is 12.8. The number of likely N-dealkylation sites (N-methyl/N-ethyl adjacent to an activating group) is 1. The molecule has 0 aromatic carbocycles. The number of amides is 2. The first kappa shape index (κ1) is 13.2. The van der Waals surface area contributed by atoms with Gasteiger partial charge in [-0.1, -0.05) is 13.8 Å². The summed E-state index contributed by atoms with van der Waals surface area (Å²) in [6.45, 7) is 4.00. The van der Waals surface area contributed by atoms with Gasteiger partial charge in [0.2, 0.25) is 5.91 Å². The normalized spacial score (nSPS) is 12.2. The minimum Gasteiger partial charge on any atom is -0.357 e. The summed E-state index contributed by atoms with van der Waals surface area (Å²) in [7, 11) is 1.55. The van der Waals surface area contributed by atoms with Crippen LogP contribution in [0.3, 0.4) is 0 Å². The lowest BCUT2D eigenvalue weighted by atomic mass is 10.0. The van der Waals surface area contributed by atoms with Crippen molar-refractivity contribution in [3.63, 3.8) is 0 Å². The fourth-order valence-corrected chi connectivity index (χ4v) is 1.48. The second kappa shape index (κ2) is 6.03. The van der Waals surface area contributed by atoms with E-state index in [2.05, 4.69) is 15.6 Å². The van der Waals surface area contributed by atoms with Crippen LogP contribution in [0.5, 0.6) is 0 Å². The zero-order valence-corrected chi connectivity index (χ0v) is 10.3. The molecule has 0 radical (unpaired) electrons. The molecule has 0 saturated carbocycles. The highest BCUT2D eigenvalue weighted by Gasteiger charge is 2.21. The van der Waals surface area contributed by atoms with E-state index in [1.807, 2.05) is 13.8 Å². The molecular weight excluding hydrogens is 220 g/mol. The Kier molecular flexibility index (Phi) is 4.68. The number of carbonyl (C=O) groups excluding carboxylic acids is 2. The molecule has 1 heterocycles. The van der Waals surface area contributed by atoms with Crippen molar-refractivity contribution in [3.05, 3.63) is 18.7 Å². The molecule has 2 amide bonds. The van der Waals surface area contributed by atoms with E-state index in [4.69, 9.17) is 0 Å². The Labute approximate surface area is 100 Å². The SMILES string of the molecule is CNC(=O)C(CC(C)C)NC(=O)n1ccnc1. The first-order valence-electron chi connectivity index (χ1n) is 5.55. The lowest BCUT2D eigenvalue weighted by Crippen LogP contribution is -2.47. The van der Waals surface area contributed by atoms with Crippen LogP contribution >= 0.6 is 0 Å². The summed E-state index contributed by atoms with van der Waals surface area (Å²) in [6, 6.07) is -0.869. The van der Waals surface area contributed by atoms with Gasteiger partial charge < -0.3 is 10.6 Å². The molecule has 0 aliphatic carbocycles. The maximum absolute atomic E-state index is 11.7. The third-order valence-corrected chi connectivity index (χ3v) is 2.31. The van der Waals surface area contributed by atoms with E-state index in [0.717, 1.165) is 0 Å². The van der Waals surface area contributed by atoms with Crippen molar-refractivity contribution < 1.29 is 9.59 Å². The highest BCUT2D eigenvalue weighted by atomic mass is 16.2. The van der Waals surface area contributed by atoms with Crippen LogP contribution in [0.25, 0.3) is 0 Å². The van der Waals surface area contributed by atoms with E-state index in [0.29, 0.717) is 12.3 Å². The first-order chi connectivity index (χ1) is 8.04. The third-order valence-electron chi connectivity index (χ3n) is 2.31. The highest BCUT2D eigenvalue weighted by Crippen LogP contribution is 2.05. The molecule has 1 aromatic rings. The van der Waals surface area contributed by atoms with Crippen molar-refractivity contribution in [1.29, 1.82) is 0 Å². The Bertz CT molecular complexity index is 373. The van der Waals surface area contributed by atoms with E-state index in [1.54, 1.807) is 7.05 Å². The summed E-state index contributed by atoms with van der Waals surface area (Å²) in [5.74, 6) is 0.132. The van der Waals surface area contributed by atoms with Crippen LogP contribution < -0.4 is 10.6 Å². The summed E-state index contributed by atoms with van der Waals surface area (Å²) in [5.41, 5.74) is 0. The molecule has 1 atom stereocenters. The van der Waals surface area contributed by atoms with E-state index in [-0.39, 0.29) is 11.9 Å². The minimum atomic E-state index is -0.519. The molecule has 94 valence electrons. The van der Waals surface area contributed by atoms with Crippen LogP contribution in [0.1, 0.15) is 20.3 Å². The van der Waals surface area contributed by atoms with Gasteiger partial charge in [0, 0.05) is 19.4 Å². The largest absolute Gasteiger partial charge is 0.357 e. The van der Waals surface area contributed by atoms with Gasteiger partial charge in [-0.05, 0) is 12.3 Å². The number of rotatable bonds is 4. The van der Waals surface area contributed by atoms with Gasteiger partial charge >= 0.3 is 6.03 Å². The standard InChI is InChI=1S/C11H18N4O2/c1-8(2)6-9(10(16)12-3)14-11(17)15-5-4-13-7-15/h4-5,7-9H,6H2,1-3H3,(H,12,16)(H,14,17). The topological polar surface area (TPSA) is 76.0 Å². The number of hydrogen-bond acceptors (Lipinski definition) is 3. The van der Waals surface area contributed by atoms with Crippen LogP contribution in [0.15, 0.2) is 18.7 Å². The number of hydrogen-bond donors (Lipinski definition) is 2. The second-order valence-electron chi connectivity index (χ2n) is 4.22. The molecule has 0 fully saturated rings. The molecule has 0 spiro atoms. The number of imidazole rings is 1. The van der Waals surface area contributed by atoms with Gasteiger partial charge in [-0.3, -0.25) is 9.36 Å². The Balaban J connectivity index is 2.66. The molecule has 1 unspecified atom stereocenters. The van der Waals surface area contributed by atoms with Crippen LogP contribution in [-0.2, 0) is 4.79 Å². The van der Waals surface area contributed by atoms with Crippen molar-refractivity contribution in [2.45, 2.75) is 26.3 Å². The molecule has 1 rings (SSSR count). The van der Waals surface area contributed by atoms with Gasteiger partial charge in [-0.2, -0.15) is 0 Å². The number of nitrogens with one attached hydrogen (secondary N) is 2. The van der Waals surface area contributed by atoms with E-state index in [9.17, 15) is 9.59 Å². The molecule has 0 bridgehead atoms. The highest BCUT2D eigenvalue weighted by molar-refractivity contribution is 5.87. The van der Waals surface area contributed by atoms with Crippen molar-refractivity contribution in [2.75, 3.05) is 7.05 Å². The maximum atomic E-state index is 11.7. The molecule has 6 heteroatoms. The molecule has 1 aromatic heterocycles. The third kappa shape index (κ3) is 3.90. The van der Waals surface area contributed by atoms with Crippen molar-refractivity contribution in [2.24, 2.45) is 5.92 Å².